The minimum absolute atomic E-state index is 0.0975. The quantitative estimate of drug-likeness (QED) is 0.779. The first kappa shape index (κ1) is 16.5. The van der Waals surface area contributed by atoms with Gasteiger partial charge in [-0.2, -0.15) is 5.10 Å². The lowest BCUT2D eigenvalue weighted by Gasteiger charge is -2.34. The van der Waals surface area contributed by atoms with Gasteiger partial charge >= 0.3 is 0 Å². The molecule has 1 fully saturated rings. The number of rotatable bonds is 3. The van der Waals surface area contributed by atoms with Crippen molar-refractivity contribution in [3.05, 3.63) is 41.7 Å². The number of nitrogens with one attached hydrogen (secondary N) is 1. The average Bonchev–Trinajstić information content (AvgIpc) is 3.21. The zero-order valence-corrected chi connectivity index (χ0v) is 15.9. The molecule has 0 radical (unpaired) electrons. The third-order valence-electron chi connectivity index (χ3n) is 4.72. The predicted molar refractivity (Wildman–Crippen MR) is 104 cm³/mol. The number of para-hydroxylation sites is 1. The molecule has 3 aromatic rings. The Morgan fingerprint density at radius 1 is 1.12 bits per heavy atom. The van der Waals surface area contributed by atoms with Crippen LogP contribution >= 0.6 is 11.3 Å². The van der Waals surface area contributed by atoms with Crippen LogP contribution in [0.4, 0.5) is 5.13 Å². The molecule has 0 aliphatic carbocycles. The van der Waals surface area contributed by atoms with Crippen molar-refractivity contribution in [1.29, 1.82) is 0 Å². The SMILES string of the molecule is CC(C)(C)c1cc(CN2CCN(c3nc4ccccc4s3)CC2)[nH]n1. The van der Waals surface area contributed by atoms with E-state index in [1.54, 1.807) is 11.3 Å². The highest BCUT2D eigenvalue weighted by atomic mass is 32.1. The van der Waals surface area contributed by atoms with Crippen LogP contribution in [0.5, 0.6) is 0 Å². The van der Waals surface area contributed by atoms with E-state index in [9.17, 15) is 0 Å². The third-order valence-corrected chi connectivity index (χ3v) is 5.82. The molecule has 1 aliphatic heterocycles. The summed E-state index contributed by atoms with van der Waals surface area (Å²) < 4.78 is 1.27. The molecule has 2 aromatic heterocycles. The summed E-state index contributed by atoms with van der Waals surface area (Å²) in [5, 5.41) is 8.82. The van der Waals surface area contributed by atoms with Crippen molar-refractivity contribution in [2.45, 2.75) is 32.7 Å². The molecule has 3 heterocycles. The van der Waals surface area contributed by atoms with Gasteiger partial charge in [0.1, 0.15) is 0 Å². The fraction of sp³-hybridized carbons (Fsp3) is 0.474. The first-order valence-electron chi connectivity index (χ1n) is 8.87. The van der Waals surface area contributed by atoms with Crippen LogP contribution < -0.4 is 4.90 Å². The summed E-state index contributed by atoms with van der Waals surface area (Å²) in [7, 11) is 0. The minimum Gasteiger partial charge on any atom is -0.345 e. The number of benzene rings is 1. The Hall–Kier alpha value is -1.92. The van der Waals surface area contributed by atoms with E-state index in [0.29, 0.717) is 0 Å². The Bertz CT molecular complexity index is 819. The van der Waals surface area contributed by atoms with Crippen molar-refractivity contribution in [2.75, 3.05) is 31.1 Å². The van der Waals surface area contributed by atoms with Gasteiger partial charge in [-0.1, -0.05) is 44.2 Å². The molecule has 25 heavy (non-hydrogen) atoms. The monoisotopic (exact) mass is 355 g/mol. The van der Waals surface area contributed by atoms with Crippen LogP contribution in [-0.4, -0.2) is 46.3 Å². The van der Waals surface area contributed by atoms with Crippen molar-refractivity contribution in [2.24, 2.45) is 0 Å². The largest absolute Gasteiger partial charge is 0.345 e. The lowest BCUT2D eigenvalue weighted by molar-refractivity contribution is 0.247. The summed E-state index contributed by atoms with van der Waals surface area (Å²) in [5.74, 6) is 0. The second-order valence-electron chi connectivity index (χ2n) is 7.76. The maximum atomic E-state index is 4.79. The van der Waals surface area contributed by atoms with Crippen LogP contribution in [-0.2, 0) is 12.0 Å². The number of anilines is 1. The van der Waals surface area contributed by atoms with Crippen LogP contribution in [0.25, 0.3) is 10.2 Å². The number of aromatic nitrogens is 3. The highest BCUT2D eigenvalue weighted by molar-refractivity contribution is 7.22. The highest BCUT2D eigenvalue weighted by Crippen LogP contribution is 2.29. The zero-order valence-electron chi connectivity index (χ0n) is 15.1. The second kappa shape index (κ2) is 6.42. The van der Waals surface area contributed by atoms with Gasteiger partial charge in [0.15, 0.2) is 5.13 Å². The van der Waals surface area contributed by atoms with Gasteiger partial charge in [-0.15, -0.1) is 0 Å². The summed E-state index contributed by atoms with van der Waals surface area (Å²) in [5.41, 5.74) is 3.55. The third kappa shape index (κ3) is 3.55. The molecule has 0 atom stereocenters. The Morgan fingerprint density at radius 2 is 1.88 bits per heavy atom. The van der Waals surface area contributed by atoms with Crippen molar-refractivity contribution in [3.8, 4) is 0 Å². The van der Waals surface area contributed by atoms with E-state index < -0.39 is 0 Å². The molecule has 1 aliphatic rings. The molecule has 1 saturated heterocycles. The average molecular weight is 356 g/mol. The first-order valence-corrected chi connectivity index (χ1v) is 9.68. The molecule has 0 saturated carbocycles. The predicted octanol–water partition coefficient (Wildman–Crippen LogP) is 3.64. The molecule has 0 spiro atoms. The summed E-state index contributed by atoms with van der Waals surface area (Å²) >= 11 is 1.80. The van der Waals surface area contributed by atoms with Gasteiger partial charge in [-0.25, -0.2) is 4.98 Å². The minimum atomic E-state index is 0.0975. The van der Waals surface area contributed by atoms with E-state index in [1.807, 2.05) is 0 Å². The molecule has 0 unspecified atom stereocenters. The van der Waals surface area contributed by atoms with Crippen molar-refractivity contribution in [1.82, 2.24) is 20.1 Å². The molecule has 6 heteroatoms. The van der Waals surface area contributed by atoms with Crippen LogP contribution in [0, 0.1) is 0 Å². The van der Waals surface area contributed by atoms with E-state index in [4.69, 9.17) is 4.98 Å². The molecule has 5 nitrogen and oxygen atoms in total. The van der Waals surface area contributed by atoms with E-state index >= 15 is 0 Å². The normalized spacial score (nSPS) is 16.7. The van der Waals surface area contributed by atoms with E-state index in [-0.39, 0.29) is 5.41 Å². The van der Waals surface area contributed by atoms with Crippen LogP contribution in [0.2, 0.25) is 0 Å². The lowest BCUT2D eigenvalue weighted by Crippen LogP contribution is -2.46. The van der Waals surface area contributed by atoms with Gasteiger partial charge in [0.05, 0.1) is 15.9 Å². The van der Waals surface area contributed by atoms with Gasteiger partial charge in [0.25, 0.3) is 0 Å². The lowest BCUT2D eigenvalue weighted by atomic mass is 9.92. The number of piperazine rings is 1. The smallest absolute Gasteiger partial charge is 0.186 e. The van der Waals surface area contributed by atoms with Crippen molar-refractivity contribution < 1.29 is 0 Å². The second-order valence-corrected chi connectivity index (χ2v) is 8.76. The zero-order chi connectivity index (χ0) is 17.4. The number of nitrogens with zero attached hydrogens (tertiary/aromatic N) is 4. The number of hydrogen-bond acceptors (Lipinski definition) is 5. The van der Waals surface area contributed by atoms with Gasteiger partial charge in [0, 0.05) is 43.8 Å². The molecule has 0 bridgehead atoms. The van der Waals surface area contributed by atoms with E-state index in [1.165, 1.54) is 10.4 Å². The fourth-order valence-corrected chi connectivity index (χ4v) is 4.18. The molecule has 1 N–H and O–H groups in total. The number of hydrogen-bond donors (Lipinski definition) is 1. The molecule has 1 aromatic carbocycles. The molecule has 0 amide bonds. The highest BCUT2D eigenvalue weighted by Gasteiger charge is 2.22. The number of aromatic amines is 1. The molecule has 4 rings (SSSR count). The number of thiazole rings is 1. The van der Waals surface area contributed by atoms with Crippen LogP contribution in [0.15, 0.2) is 30.3 Å². The number of H-pyrrole nitrogens is 1. The maximum absolute atomic E-state index is 4.79. The van der Waals surface area contributed by atoms with Crippen molar-refractivity contribution in [3.63, 3.8) is 0 Å². The van der Waals surface area contributed by atoms with E-state index in [2.05, 4.69) is 71.1 Å². The fourth-order valence-electron chi connectivity index (χ4n) is 3.16. The summed E-state index contributed by atoms with van der Waals surface area (Å²) in [4.78, 5) is 9.69. The Morgan fingerprint density at radius 3 is 2.56 bits per heavy atom. The molecule has 132 valence electrons. The molecular weight excluding hydrogens is 330 g/mol. The van der Waals surface area contributed by atoms with Crippen LogP contribution in [0.3, 0.4) is 0 Å². The van der Waals surface area contributed by atoms with Crippen molar-refractivity contribution >= 4 is 26.7 Å². The van der Waals surface area contributed by atoms with Gasteiger partial charge in [-0.3, -0.25) is 10.00 Å². The molecular formula is C19H25N5S. The van der Waals surface area contributed by atoms with Crippen LogP contribution in [0.1, 0.15) is 32.2 Å². The summed E-state index contributed by atoms with van der Waals surface area (Å²) in [6, 6.07) is 10.6. The van der Waals surface area contributed by atoms with Gasteiger partial charge in [-0.05, 0) is 18.2 Å². The Labute approximate surface area is 152 Å². The topological polar surface area (TPSA) is 48.0 Å². The number of fused-ring (bicyclic) bond motifs is 1. The standard InChI is InChI=1S/C19H25N5S/c1-19(2,3)17-12-14(21-22-17)13-23-8-10-24(11-9-23)18-20-15-6-4-5-7-16(15)25-18/h4-7,12H,8-11,13H2,1-3H3,(H,21,22). The Balaban J connectivity index is 1.37. The Kier molecular flexibility index (Phi) is 4.25. The first-order chi connectivity index (χ1) is 12.0. The summed E-state index contributed by atoms with van der Waals surface area (Å²) in [6.07, 6.45) is 0. The summed E-state index contributed by atoms with van der Waals surface area (Å²) in [6.45, 7) is 11.7. The van der Waals surface area contributed by atoms with E-state index in [0.717, 1.165) is 49.1 Å². The van der Waals surface area contributed by atoms with Gasteiger partial charge < -0.3 is 4.90 Å². The maximum Gasteiger partial charge on any atom is 0.186 e. The van der Waals surface area contributed by atoms with Gasteiger partial charge in [0.2, 0.25) is 0 Å².